The fourth-order valence-electron chi connectivity index (χ4n) is 4.94. The topological polar surface area (TPSA) is 53.1 Å². The van der Waals surface area contributed by atoms with Crippen LogP contribution in [0, 0.1) is 5.82 Å². The van der Waals surface area contributed by atoms with Crippen LogP contribution in [0.25, 0.3) is 5.57 Å². The molecule has 0 radical (unpaired) electrons. The molecule has 1 fully saturated rings. The molecule has 5 rings (SSSR count). The van der Waals surface area contributed by atoms with Crippen molar-refractivity contribution < 1.29 is 18.7 Å². The van der Waals surface area contributed by atoms with E-state index in [1.807, 2.05) is 23.1 Å². The Labute approximate surface area is 193 Å². The lowest BCUT2D eigenvalue weighted by Gasteiger charge is -2.32. The van der Waals surface area contributed by atoms with Crippen LogP contribution in [-0.4, -0.2) is 67.6 Å². The number of carbonyl (C=O) groups is 2. The van der Waals surface area contributed by atoms with Gasteiger partial charge in [0.1, 0.15) is 11.5 Å². The van der Waals surface area contributed by atoms with Crippen molar-refractivity contribution in [2.24, 2.45) is 0 Å². The van der Waals surface area contributed by atoms with Gasteiger partial charge in [-0.1, -0.05) is 30.3 Å². The monoisotopic (exact) mass is 449 g/mol. The molecule has 0 spiro atoms. The fourth-order valence-corrected chi connectivity index (χ4v) is 4.94. The maximum atomic E-state index is 13.7. The highest BCUT2D eigenvalue weighted by molar-refractivity contribution is 6.36. The molecule has 2 aromatic rings. The first-order chi connectivity index (χ1) is 16.1. The number of aryl methyl sites for hydroxylation is 1. The van der Waals surface area contributed by atoms with Gasteiger partial charge in [-0.05, 0) is 48.6 Å². The van der Waals surface area contributed by atoms with E-state index in [4.69, 9.17) is 4.74 Å². The third-order valence-electron chi connectivity index (χ3n) is 6.62. The van der Waals surface area contributed by atoms with E-state index in [1.165, 1.54) is 22.6 Å². The second kappa shape index (κ2) is 9.45. The van der Waals surface area contributed by atoms with E-state index in [9.17, 15) is 14.0 Å². The van der Waals surface area contributed by atoms with Crippen molar-refractivity contribution in [2.45, 2.75) is 19.3 Å². The molecular formula is C26H28FN3O3. The predicted molar refractivity (Wildman–Crippen MR) is 124 cm³/mol. The molecule has 6 nitrogen and oxygen atoms in total. The first-order valence-corrected chi connectivity index (χ1v) is 11.7. The first-order valence-electron chi connectivity index (χ1n) is 11.7. The summed E-state index contributed by atoms with van der Waals surface area (Å²) >= 11 is 0. The summed E-state index contributed by atoms with van der Waals surface area (Å²) in [7, 11) is 0. The number of ether oxygens (including phenoxy) is 1. The van der Waals surface area contributed by atoms with Gasteiger partial charge in [-0.3, -0.25) is 19.4 Å². The molecule has 0 bridgehead atoms. The molecule has 0 atom stereocenters. The van der Waals surface area contributed by atoms with E-state index < -0.39 is 0 Å². The van der Waals surface area contributed by atoms with Crippen LogP contribution >= 0.6 is 0 Å². The van der Waals surface area contributed by atoms with Gasteiger partial charge in [-0.15, -0.1) is 0 Å². The molecule has 0 unspecified atom stereocenters. The highest BCUT2D eigenvalue weighted by Crippen LogP contribution is 2.37. The predicted octanol–water partition coefficient (Wildman–Crippen LogP) is 3.08. The van der Waals surface area contributed by atoms with Crippen LogP contribution in [0.5, 0.6) is 0 Å². The number of para-hydroxylation sites is 1. The minimum atomic E-state index is -0.372. The Morgan fingerprint density at radius 1 is 0.879 bits per heavy atom. The Bertz CT molecular complexity index is 1080. The molecule has 172 valence electrons. The van der Waals surface area contributed by atoms with E-state index in [1.54, 1.807) is 12.1 Å². The Kier molecular flexibility index (Phi) is 6.24. The van der Waals surface area contributed by atoms with Gasteiger partial charge in [0, 0.05) is 38.4 Å². The molecule has 1 saturated heterocycles. The molecular weight excluding hydrogens is 421 g/mol. The number of fused-ring (bicyclic) bond motifs is 1. The van der Waals surface area contributed by atoms with Gasteiger partial charge in [-0.2, -0.15) is 0 Å². The van der Waals surface area contributed by atoms with Crippen molar-refractivity contribution in [3.8, 4) is 0 Å². The molecule has 2 amide bonds. The quantitative estimate of drug-likeness (QED) is 0.635. The van der Waals surface area contributed by atoms with E-state index >= 15 is 0 Å². The molecule has 33 heavy (non-hydrogen) atoms. The lowest BCUT2D eigenvalue weighted by Crippen LogP contribution is -2.40. The lowest BCUT2D eigenvalue weighted by molar-refractivity contribution is -0.137. The summed E-state index contributed by atoms with van der Waals surface area (Å²) in [6.07, 6.45) is 2.55. The summed E-state index contributed by atoms with van der Waals surface area (Å²) in [6.45, 7) is 5.02. The number of nitrogens with zero attached hydrogens (tertiary/aromatic N) is 3. The molecule has 0 aliphatic carbocycles. The minimum Gasteiger partial charge on any atom is -0.379 e. The number of hydrogen-bond acceptors (Lipinski definition) is 5. The van der Waals surface area contributed by atoms with E-state index in [0.717, 1.165) is 51.4 Å². The molecule has 3 aliphatic heterocycles. The fraction of sp³-hybridized carbons (Fsp3) is 0.385. The van der Waals surface area contributed by atoms with Gasteiger partial charge < -0.3 is 9.64 Å². The minimum absolute atomic E-state index is 0.266. The number of halogens is 1. The molecule has 0 aromatic heterocycles. The largest absolute Gasteiger partial charge is 0.379 e. The van der Waals surface area contributed by atoms with Crippen molar-refractivity contribution >= 4 is 23.1 Å². The summed E-state index contributed by atoms with van der Waals surface area (Å²) < 4.78 is 19.0. The number of benzene rings is 2. The molecule has 0 N–H and O–H groups in total. The average Bonchev–Trinajstić information content (AvgIpc) is 3.09. The maximum Gasteiger partial charge on any atom is 0.278 e. The van der Waals surface area contributed by atoms with Crippen LogP contribution in [0.4, 0.5) is 10.1 Å². The van der Waals surface area contributed by atoms with Crippen LogP contribution in [-0.2, 0) is 20.7 Å². The van der Waals surface area contributed by atoms with Gasteiger partial charge in [0.2, 0.25) is 0 Å². The van der Waals surface area contributed by atoms with Gasteiger partial charge in [0.05, 0.1) is 18.8 Å². The number of rotatable bonds is 6. The Morgan fingerprint density at radius 2 is 1.64 bits per heavy atom. The third-order valence-corrected chi connectivity index (χ3v) is 6.62. The zero-order chi connectivity index (χ0) is 22.8. The van der Waals surface area contributed by atoms with Crippen molar-refractivity contribution in [1.29, 1.82) is 0 Å². The molecule has 0 saturated carbocycles. The summed E-state index contributed by atoms with van der Waals surface area (Å²) in [4.78, 5) is 32.8. The standard InChI is InChI=1S/C26H28FN3O3/c27-21-10-8-20(9-11-21)23-24(29-13-3-6-19-5-1-2-7-22(19)29)26(32)30(25(23)31)14-4-12-28-15-17-33-18-16-28/h1-2,5,7-11H,3-4,6,12-18H2. The highest BCUT2D eigenvalue weighted by atomic mass is 19.1. The molecule has 2 aromatic carbocycles. The smallest absolute Gasteiger partial charge is 0.278 e. The van der Waals surface area contributed by atoms with Crippen LogP contribution in [0.3, 0.4) is 0 Å². The van der Waals surface area contributed by atoms with Gasteiger partial charge in [0.15, 0.2) is 0 Å². The van der Waals surface area contributed by atoms with E-state index in [-0.39, 0.29) is 17.6 Å². The van der Waals surface area contributed by atoms with Crippen molar-refractivity contribution in [3.05, 3.63) is 71.2 Å². The van der Waals surface area contributed by atoms with Crippen molar-refractivity contribution in [3.63, 3.8) is 0 Å². The van der Waals surface area contributed by atoms with E-state index in [2.05, 4.69) is 11.0 Å². The second-order valence-corrected chi connectivity index (χ2v) is 8.68. The van der Waals surface area contributed by atoms with Crippen molar-refractivity contribution in [2.75, 3.05) is 50.8 Å². The Balaban J connectivity index is 1.46. The lowest BCUT2D eigenvalue weighted by atomic mass is 9.98. The summed E-state index contributed by atoms with van der Waals surface area (Å²) in [6, 6.07) is 13.9. The first kappa shape index (κ1) is 21.8. The normalized spacial score (nSPS) is 19.4. The zero-order valence-corrected chi connectivity index (χ0v) is 18.6. The van der Waals surface area contributed by atoms with Crippen LogP contribution in [0.2, 0.25) is 0 Å². The van der Waals surface area contributed by atoms with Crippen molar-refractivity contribution in [1.82, 2.24) is 9.80 Å². The molecule has 3 heterocycles. The van der Waals surface area contributed by atoms with Crippen LogP contribution in [0.1, 0.15) is 24.0 Å². The van der Waals surface area contributed by atoms with Gasteiger partial charge in [-0.25, -0.2) is 4.39 Å². The number of amides is 2. The number of anilines is 1. The number of morpholine rings is 1. The Hall–Kier alpha value is -3.03. The van der Waals surface area contributed by atoms with E-state index in [0.29, 0.717) is 36.3 Å². The summed E-state index contributed by atoms with van der Waals surface area (Å²) in [5, 5.41) is 0. The van der Waals surface area contributed by atoms with Crippen LogP contribution < -0.4 is 4.90 Å². The third kappa shape index (κ3) is 4.30. The SMILES string of the molecule is O=C1C(c2ccc(F)cc2)=C(N2CCCc3ccccc32)C(=O)N1CCCN1CCOCC1. The summed E-state index contributed by atoms with van der Waals surface area (Å²) in [5.74, 6) is -0.937. The second-order valence-electron chi connectivity index (χ2n) is 8.68. The van der Waals surface area contributed by atoms with Gasteiger partial charge in [0.25, 0.3) is 11.8 Å². The molecule has 3 aliphatic rings. The average molecular weight is 450 g/mol. The highest BCUT2D eigenvalue weighted by Gasteiger charge is 2.42. The maximum absolute atomic E-state index is 13.7. The Morgan fingerprint density at radius 3 is 2.42 bits per heavy atom. The summed E-state index contributed by atoms with van der Waals surface area (Å²) in [5.41, 5.74) is 3.48. The van der Waals surface area contributed by atoms with Crippen LogP contribution in [0.15, 0.2) is 54.2 Å². The number of carbonyl (C=O) groups excluding carboxylic acids is 2. The zero-order valence-electron chi connectivity index (χ0n) is 18.6. The number of hydrogen-bond donors (Lipinski definition) is 0. The van der Waals surface area contributed by atoms with Gasteiger partial charge >= 0.3 is 0 Å². The number of imide groups is 1. The molecule has 7 heteroatoms.